The average molecular weight is 261 g/mol. The van der Waals surface area contributed by atoms with Crippen molar-refractivity contribution >= 4 is 17.1 Å². The van der Waals surface area contributed by atoms with Crippen LogP contribution in [0.4, 0.5) is 0 Å². The molecule has 2 N–H and O–H groups in total. The number of nitrogens with zero attached hydrogens (tertiary/aromatic N) is 2. The highest BCUT2D eigenvalue weighted by molar-refractivity contribution is 6.33. The highest BCUT2D eigenvalue weighted by atomic mass is 35.5. The normalized spacial score (nSPS) is 10.9. The summed E-state index contributed by atoms with van der Waals surface area (Å²) in [5.74, 6) is 0.914. The molecule has 2 heterocycles. The fourth-order valence-electron chi connectivity index (χ4n) is 1.89. The Morgan fingerprint density at radius 2 is 1.83 bits per heavy atom. The molecule has 0 atom stereocenters. The number of fused-ring (bicyclic) bond motifs is 1. The van der Waals surface area contributed by atoms with Gasteiger partial charge >= 0.3 is 0 Å². The lowest BCUT2D eigenvalue weighted by atomic mass is 10.2. The van der Waals surface area contributed by atoms with Crippen LogP contribution in [0.2, 0.25) is 5.15 Å². The third-order valence-electron chi connectivity index (χ3n) is 2.69. The summed E-state index contributed by atoms with van der Waals surface area (Å²) in [6.45, 7) is 0. The summed E-state index contributed by atoms with van der Waals surface area (Å²) in [6, 6.07) is 9.86. The van der Waals surface area contributed by atoms with Crippen LogP contribution in [0.5, 0.6) is 11.5 Å². The van der Waals surface area contributed by atoms with Crippen LogP contribution in [0.25, 0.3) is 16.9 Å². The Kier molecular flexibility index (Phi) is 2.38. The van der Waals surface area contributed by atoms with E-state index in [0.717, 1.165) is 5.56 Å². The monoisotopic (exact) mass is 260 g/mol. The Bertz CT molecular complexity index is 737. The molecule has 0 unspecified atom stereocenters. The van der Waals surface area contributed by atoms with Crippen molar-refractivity contribution in [1.29, 1.82) is 0 Å². The summed E-state index contributed by atoms with van der Waals surface area (Å²) in [5.41, 5.74) is 1.37. The van der Waals surface area contributed by atoms with Gasteiger partial charge in [0, 0.05) is 17.8 Å². The first-order chi connectivity index (χ1) is 8.65. The summed E-state index contributed by atoms with van der Waals surface area (Å²) in [6.07, 6.45) is 1.68. The van der Waals surface area contributed by atoms with Crippen molar-refractivity contribution < 1.29 is 10.2 Å². The SMILES string of the molecule is Oc1cccc(-c2nc(Cl)c3cc(O)ccn23)c1. The van der Waals surface area contributed by atoms with E-state index in [1.807, 2.05) is 6.07 Å². The molecule has 90 valence electrons. The molecule has 3 rings (SSSR count). The molecule has 2 aromatic heterocycles. The van der Waals surface area contributed by atoms with Gasteiger partial charge in [-0.1, -0.05) is 23.7 Å². The third kappa shape index (κ3) is 1.67. The van der Waals surface area contributed by atoms with E-state index in [2.05, 4.69) is 4.98 Å². The molecule has 0 amide bonds. The summed E-state index contributed by atoms with van der Waals surface area (Å²) < 4.78 is 1.76. The maximum atomic E-state index is 9.49. The van der Waals surface area contributed by atoms with Crippen LogP contribution in [0.1, 0.15) is 0 Å². The maximum absolute atomic E-state index is 9.49. The van der Waals surface area contributed by atoms with Crippen molar-refractivity contribution in [3.05, 3.63) is 47.7 Å². The predicted octanol–water partition coefficient (Wildman–Crippen LogP) is 3.07. The second-order valence-corrected chi connectivity index (χ2v) is 4.27. The summed E-state index contributed by atoms with van der Waals surface area (Å²) in [4.78, 5) is 4.25. The Morgan fingerprint density at radius 1 is 1.06 bits per heavy atom. The lowest BCUT2D eigenvalue weighted by Crippen LogP contribution is -1.88. The van der Waals surface area contributed by atoms with E-state index in [1.165, 1.54) is 0 Å². The molecule has 3 aromatic rings. The van der Waals surface area contributed by atoms with E-state index < -0.39 is 0 Å². The number of hydrogen-bond acceptors (Lipinski definition) is 3. The molecule has 5 heteroatoms. The fraction of sp³-hybridized carbons (Fsp3) is 0. The molecule has 4 nitrogen and oxygen atoms in total. The molecule has 0 aliphatic heterocycles. The second-order valence-electron chi connectivity index (χ2n) is 3.92. The van der Waals surface area contributed by atoms with Gasteiger partial charge in [-0.2, -0.15) is 0 Å². The van der Waals surface area contributed by atoms with Gasteiger partial charge in [-0.15, -0.1) is 0 Å². The first kappa shape index (κ1) is 10.9. The number of hydrogen-bond donors (Lipinski definition) is 2. The smallest absolute Gasteiger partial charge is 0.155 e. The van der Waals surface area contributed by atoms with Crippen molar-refractivity contribution in [3.63, 3.8) is 0 Å². The minimum absolute atomic E-state index is 0.131. The van der Waals surface area contributed by atoms with Crippen LogP contribution < -0.4 is 0 Å². The first-order valence-corrected chi connectivity index (χ1v) is 5.69. The van der Waals surface area contributed by atoms with Crippen LogP contribution in [-0.2, 0) is 0 Å². The Morgan fingerprint density at radius 3 is 2.61 bits per heavy atom. The topological polar surface area (TPSA) is 57.8 Å². The lowest BCUT2D eigenvalue weighted by molar-refractivity contribution is 0.474. The number of halogens is 1. The maximum Gasteiger partial charge on any atom is 0.155 e. The van der Waals surface area contributed by atoms with Crippen LogP contribution in [-0.4, -0.2) is 19.6 Å². The van der Waals surface area contributed by atoms with Gasteiger partial charge in [0.05, 0.1) is 5.52 Å². The molecule has 0 saturated carbocycles. The van der Waals surface area contributed by atoms with E-state index >= 15 is 0 Å². The van der Waals surface area contributed by atoms with Crippen molar-refractivity contribution in [2.45, 2.75) is 0 Å². The number of imidazole rings is 1. The van der Waals surface area contributed by atoms with E-state index in [0.29, 0.717) is 16.5 Å². The van der Waals surface area contributed by atoms with E-state index in [4.69, 9.17) is 11.6 Å². The van der Waals surface area contributed by atoms with Gasteiger partial charge < -0.3 is 10.2 Å². The van der Waals surface area contributed by atoms with Gasteiger partial charge in [-0.05, 0) is 18.2 Å². The number of aromatic nitrogens is 2. The highest BCUT2D eigenvalue weighted by Crippen LogP contribution is 2.29. The molecule has 0 fully saturated rings. The molecule has 0 radical (unpaired) electrons. The van der Waals surface area contributed by atoms with Crippen molar-refractivity contribution in [2.75, 3.05) is 0 Å². The molecule has 0 saturated heterocycles. The van der Waals surface area contributed by atoms with Gasteiger partial charge in [0.1, 0.15) is 17.3 Å². The lowest BCUT2D eigenvalue weighted by Gasteiger charge is -2.02. The fourth-order valence-corrected chi connectivity index (χ4v) is 2.11. The second kappa shape index (κ2) is 3.92. The predicted molar refractivity (Wildman–Crippen MR) is 69.0 cm³/mol. The zero-order chi connectivity index (χ0) is 12.7. The van der Waals surface area contributed by atoms with Crippen molar-refractivity contribution in [3.8, 4) is 22.9 Å². The number of phenolic OH excluding ortho intramolecular Hbond substituents is 1. The molecule has 0 aliphatic carbocycles. The summed E-state index contributed by atoms with van der Waals surface area (Å²) in [5, 5.41) is 19.2. The summed E-state index contributed by atoms with van der Waals surface area (Å²) in [7, 11) is 0. The molecule has 18 heavy (non-hydrogen) atoms. The molecule has 0 aliphatic rings. The van der Waals surface area contributed by atoms with Gasteiger partial charge in [0.15, 0.2) is 5.15 Å². The molecule has 0 bridgehead atoms. The minimum atomic E-state index is 0.131. The van der Waals surface area contributed by atoms with E-state index in [1.54, 1.807) is 40.9 Å². The van der Waals surface area contributed by atoms with E-state index in [-0.39, 0.29) is 11.5 Å². The first-order valence-electron chi connectivity index (χ1n) is 5.31. The quantitative estimate of drug-likeness (QED) is 0.707. The van der Waals surface area contributed by atoms with Gasteiger partial charge in [-0.3, -0.25) is 4.40 Å². The average Bonchev–Trinajstić information content (AvgIpc) is 2.67. The largest absolute Gasteiger partial charge is 0.508 e. The number of benzene rings is 1. The summed E-state index contributed by atoms with van der Waals surface area (Å²) >= 11 is 6.03. The Labute approximate surface area is 108 Å². The van der Waals surface area contributed by atoms with Crippen molar-refractivity contribution in [2.24, 2.45) is 0 Å². The van der Waals surface area contributed by atoms with Gasteiger partial charge in [-0.25, -0.2) is 4.98 Å². The molecular weight excluding hydrogens is 252 g/mol. The van der Waals surface area contributed by atoms with Crippen LogP contribution in [0, 0.1) is 0 Å². The van der Waals surface area contributed by atoms with Crippen LogP contribution in [0.15, 0.2) is 42.6 Å². The minimum Gasteiger partial charge on any atom is -0.508 e. The molecule has 0 spiro atoms. The van der Waals surface area contributed by atoms with E-state index in [9.17, 15) is 10.2 Å². The zero-order valence-corrected chi connectivity index (χ0v) is 9.96. The third-order valence-corrected chi connectivity index (χ3v) is 2.96. The number of aromatic hydroxyl groups is 2. The highest BCUT2D eigenvalue weighted by Gasteiger charge is 2.11. The van der Waals surface area contributed by atoms with Gasteiger partial charge in [0.25, 0.3) is 0 Å². The molecular formula is C13H9ClN2O2. The molecule has 1 aromatic carbocycles. The standard InChI is InChI=1S/C13H9ClN2O2/c14-12-11-7-10(18)4-5-16(11)13(15-12)8-2-1-3-9(17)6-8/h1-7,17-18H. The number of rotatable bonds is 1. The van der Waals surface area contributed by atoms with Crippen LogP contribution in [0.3, 0.4) is 0 Å². The van der Waals surface area contributed by atoms with Crippen LogP contribution >= 0.6 is 11.6 Å². The Balaban J connectivity index is 2.30. The number of phenols is 1. The zero-order valence-electron chi connectivity index (χ0n) is 9.21. The number of pyridine rings is 1. The van der Waals surface area contributed by atoms with Crippen molar-refractivity contribution in [1.82, 2.24) is 9.38 Å². The van der Waals surface area contributed by atoms with Gasteiger partial charge in [0.2, 0.25) is 0 Å². The Hall–Kier alpha value is -2.20.